The Morgan fingerprint density at radius 3 is 1.57 bits per heavy atom. The maximum absolute atomic E-state index is 3.13. The van der Waals surface area contributed by atoms with E-state index in [0.717, 1.165) is 0 Å². The summed E-state index contributed by atoms with van der Waals surface area (Å²) in [6.45, 7) is 2.29. The van der Waals surface area contributed by atoms with Crippen LogP contribution in [0.2, 0.25) is 0 Å². The van der Waals surface area contributed by atoms with Crippen LogP contribution in [0.3, 0.4) is 0 Å². The second-order valence-electron chi connectivity index (χ2n) is 6.57. The molecule has 0 aromatic carbocycles. The van der Waals surface area contributed by atoms with Crippen molar-refractivity contribution >= 4 is 0 Å². The zero-order valence-corrected chi connectivity index (χ0v) is 14.3. The number of aromatic nitrogens is 1. The van der Waals surface area contributed by atoms with E-state index in [0.29, 0.717) is 0 Å². The molecule has 1 aromatic heterocycles. The number of aromatic amines is 1. The van der Waals surface area contributed by atoms with Crippen LogP contribution in [0.4, 0.5) is 0 Å². The maximum Gasteiger partial charge on any atom is 0.00373 e. The first-order valence-corrected chi connectivity index (χ1v) is 9.55. The molecular formula is C20H37N. The summed E-state index contributed by atoms with van der Waals surface area (Å²) in [4.78, 5) is 3.13. The number of aryl methyl sites for hydroxylation is 1. The second kappa shape index (κ2) is 14.2. The molecule has 0 atom stereocenters. The fourth-order valence-electron chi connectivity index (χ4n) is 3.04. The average molecular weight is 292 g/mol. The number of H-pyrrole nitrogens is 1. The maximum atomic E-state index is 3.13. The van der Waals surface area contributed by atoms with Crippen molar-refractivity contribution in [3.05, 3.63) is 24.0 Å². The van der Waals surface area contributed by atoms with Gasteiger partial charge in [0, 0.05) is 12.4 Å². The average Bonchev–Trinajstić information content (AvgIpc) is 3.01. The minimum Gasteiger partial charge on any atom is -0.367 e. The van der Waals surface area contributed by atoms with Gasteiger partial charge in [-0.05, 0) is 24.5 Å². The van der Waals surface area contributed by atoms with Crippen LogP contribution in [-0.4, -0.2) is 4.98 Å². The molecule has 1 aromatic rings. The summed E-state index contributed by atoms with van der Waals surface area (Å²) >= 11 is 0. The lowest BCUT2D eigenvalue weighted by Gasteiger charge is -2.03. The molecule has 0 saturated carbocycles. The van der Waals surface area contributed by atoms with E-state index in [-0.39, 0.29) is 0 Å². The molecule has 0 aliphatic heterocycles. The van der Waals surface area contributed by atoms with Gasteiger partial charge in [0.05, 0.1) is 0 Å². The molecule has 21 heavy (non-hydrogen) atoms. The Morgan fingerprint density at radius 2 is 1.14 bits per heavy atom. The van der Waals surface area contributed by atoms with Crippen molar-refractivity contribution in [1.82, 2.24) is 4.98 Å². The number of hydrogen-bond acceptors (Lipinski definition) is 0. The van der Waals surface area contributed by atoms with E-state index < -0.39 is 0 Å². The van der Waals surface area contributed by atoms with Crippen molar-refractivity contribution in [2.75, 3.05) is 0 Å². The highest BCUT2D eigenvalue weighted by Gasteiger charge is 1.95. The van der Waals surface area contributed by atoms with Gasteiger partial charge in [-0.25, -0.2) is 0 Å². The Balaban J connectivity index is 1.69. The van der Waals surface area contributed by atoms with Gasteiger partial charge >= 0.3 is 0 Å². The quantitative estimate of drug-likeness (QED) is 0.334. The van der Waals surface area contributed by atoms with Crippen LogP contribution in [0.5, 0.6) is 0 Å². The van der Waals surface area contributed by atoms with E-state index >= 15 is 0 Å². The van der Waals surface area contributed by atoms with Crippen molar-refractivity contribution < 1.29 is 0 Å². The van der Waals surface area contributed by atoms with E-state index in [9.17, 15) is 0 Å². The van der Waals surface area contributed by atoms with Crippen LogP contribution in [0, 0.1) is 0 Å². The SMILES string of the molecule is CCCCCCCCCCCCCCCCc1cc[nH]c1. The van der Waals surface area contributed by atoms with Crippen molar-refractivity contribution in [2.24, 2.45) is 0 Å². The zero-order chi connectivity index (χ0) is 15.0. The monoisotopic (exact) mass is 291 g/mol. The fourth-order valence-corrected chi connectivity index (χ4v) is 3.04. The molecule has 0 radical (unpaired) electrons. The molecule has 0 aliphatic rings. The number of rotatable bonds is 15. The third-order valence-corrected chi connectivity index (χ3v) is 4.48. The Labute approximate surface area is 132 Å². The summed E-state index contributed by atoms with van der Waals surface area (Å²) in [6, 6.07) is 2.20. The highest BCUT2D eigenvalue weighted by Crippen LogP contribution is 2.13. The highest BCUT2D eigenvalue weighted by molar-refractivity contribution is 5.07. The van der Waals surface area contributed by atoms with Crippen LogP contribution in [0.25, 0.3) is 0 Å². The van der Waals surface area contributed by atoms with E-state index in [4.69, 9.17) is 0 Å². The molecule has 1 heteroatoms. The van der Waals surface area contributed by atoms with Crippen LogP contribution in [0.15, 0.2) is 18.5 Å². The topological polar surface area (TPSA) is 15.8 Å². The van der Waals surface area contributed by atoms with Crippen LogP contribution >= 0.6 is 0 Å². The van der Waals surface area contributed by atoms with Crippen LogP contribution < -0.4 is 0 Å². The molecule has 0 bridgehead atoms. The molecule has 1 rings (SSSR count). The first-order valence-electron chi connectivity index (χ1n) is 9.55. The standard InChI is InChI=1S/C20H37N/c1-2-3-4-5-6-7-8-9-10-11-12-13-14-15-16-20-17-18-21-19-20/h17-19,21H,2-16H2,1H3. The Kier molecular flexibility index (Phi) is 12.4. The Bertz CT molecular complexity index is 289. The number of hydrogen-bond donors (Lipinski definition) is 1. The van der Waals surface area contributed by atoms with Gasteiger partial charge in [0.25, 0.3) is 0 Å². The molecule has 0 saturated heterocycles. The summed E-state index contributed by atoms with van der Waals surface area (Å²) in [5.41, 5.74) is 1.47. The van der Waals surface area contributed by atoms with Gasteiger partial charge in [-0.2, -0.15) is 0 Å². The minimum atomic E-state index is 1.25. The lowest BCUT2D eigenvalue weighted by molar-refractivity contribution is 0.535. The number of nitrogens with one attached hydrogen (secondary N) is 1. The molecule has 0 unspecified atom stereocenters. The fraction of sp³-hybridized carbons (Fsp3) is 0.800. The lowest BCUT2D eigenvalue weighted by Crippen LogP contribution is -1.85. The summed E-state index contributed by atoms with van der Waals surface area (Å²) < 4.78 is 0. The normalized spacial score (nSPS) is 11.1. The van der Waals surface area contributed by atoms with E-state index in [1.807, 2.05) is 6.20 Å². The molecule has 1 N–H and O–H groups in total. The molecule has 1 nitrogen and oxygen atoms in total. The summed E-state index contributed by atoms with van der Waals surface area (Å²) in [5.74, 6) is 0. The van der Waals surface area contributed by atoms with Gasteiger partial charge in [0.1, 0.15) is 0 Å². The Hall–Kier alpha value is -0.720. The van der Waals surface area contributed by atoms with Gasteiger partial charge in [-0.1, -0.05) is 90.4 Å². The minimum absolute atomic E-state index is 1.25. The smallest absolute Gasteiger partial charge is 0.00373 e. The molecule has 1 heterocycles. The van der Waals surface area contributed by atoms with Gasteiger partial charge in [-0.3, -0.25) is 0 Å². The molecule has 122 valence electrons. The molecule has 0 spiro atoms. The molecule has 0 amide bonds. The second-order valence-corrected chi connectivity index (χ2v) is 6.57. The number of unbranched alkanes of at least 4 members (excludes halogenated alkanes) is 13. The molecule has 0 aliphatic carbocycles. The van der Waals surface area contributed by atoms with Crippen LogP contribution in [-0.2, 0) is 6.42 Å². The molecule has 0 fully saturated rings. The summed E-state index contributed by atoms with van der Waals surface area (Å²) in [5, 5.41) is 0. The third kappa shape index (κ3) is 11.6. The zero-order valence-electron chi connectivity index (χ0n) is 14.3. The van der Waals surface area contributed by atoms with E-state index in [2.05, 4.69) is 24.2 Å². The van der Waals surface area contributed by atoms with E-state index in [1.165, 1.54) is 102 Å². The first kappa shape index (κ1) is 18.3. The van der Waals surface area contributed by atoms with Gasteiger partial charge in [0.15, 0.2) is 0 Å². The van der Waals surface area contributed by atoms with Crippen LogP contribution in [0.1, 0.15) is 102 Å². The van der Waals surface area contributed by atoms with Crippen molar-refractivity contribution in [3.8, 4) is 0 Å². The van der Waals surface area contributed by atoms with Crippen molar-refractivity contribution in [2.45, 2.75) is 103 Å². The first-order chi connectivity index (χ1) is 10.4. The Morgan fingerprint density at radius 1 is 0.667 bits per heavy atom. The predicted octanol–water partition coefficient (Wildman–Crippen LogP) is 7.04. The highest BCUT2D eigenvalue weighted by atomic mass is 14.6. The largest absolute Gasteiger partial charge is 0.367 e. The van der Waals surface area contributed by atoms with Crippen molar-refractivity contribution in [1.29, 1.82) is 0 Å². The van der Waals surface area contributed by atoms with Crippen molar-refractivity contribution in [3.63, 3.8) is 0 Å². The third-order valence-electron chi connectivity index (χ3n) is 4.48. The van der Waals surface area contributed by atoms with Gasteiger partial charge in [-0.15, -0.1) is 0 Å². The molecular weight excluding hydrogens is 254 g/mol. The summed E-state index contributed by atoms with van der Waals surface area (Å²) in [6.07, 6.45) is 25.6. The van der Waals surface area contributed by atoms with Gasteiger partial charge in [0.2, 0.25) is 0 Å². The lowest BCUT2D eigenvalue weighted by atomic mass is 10.0. The summed E-state index contributed by atoms with van der Waals surface area (Å²) in [7, 11) is 0. The predicted molar refractivity (Wildman–Crippen MR) is 94.8 cm³/mol. The van der Waals surface area contributed by atoms with E-state index in [1.54, 1.807) is 0 Å². The van der Waals surface area contributed by atoms with Gasteiger partial charge < -0.3 is 4.98 Å².